The number of nitrogens with one attached hydrogen (secondary N) is 2. The van der Waals surface area contributed by atoms with E-state index in [2.05, 4.69) is 15.8 Å². The highest BCUT2D eigenvalue weighted by molar-refractivity contribution is 6.30. The van der Waals surface area contributed by atoms with Gasteiger partial charge in [0.15, 0.2) is 18.1 Å². The molecule has 1 unspecified atom stereocenters. The lowest BCUT2D eigenvalue weighted by Gasteiger charge is -2.20. The number of carbonyl (C=O) groups is 3. The van der Waals surface area contributed by atoms with Crippen molar-refractivity contribution in [2.45, 2.75) is 19.9 Å². The Balaban J connectivity index is 1.66. The van der Waals surface area contributed by atoms with Crippen LogP contribution in [0.3, 0.4) is 0 Å². The number of rotatable bonds is 9. The molecule has 4 N–H and O–H groups in total. The van der Waals surface area contributed by atoms with E-state index in [0.29, 0.717) is 33.4 Å². The molecular weight excluding hydrogens is 452 g/mol. The molecule has 1 aliphatic heterocycles. The lowest BCUT2D eigenvalue weighted by atomic mass is 10.0. The first kappa shape index (κ1) is 23.9. The van der Waals surface area contributed by atoms with Crippen molar-refractivity contribution < 1.29 is 28.6 Å². The highest BCUT2D eigenvalue weighted by atomic mass is 35.5. The van der Waals surface area contributed by atoms with Crippen LogP contribution in [0.1, 0.15) is 29.8 Å². The molecule has 0 fully saturated rings. The monoisotopic (exact) mass is 474 g/mol. The molecule has 33 heavy (non-hydrogen) atoms. The molecule has 3 rings (SSSR count). The van der Waals surface area contributed by atoms with E-state index in [0.717, 1.165) is 0 Å². The number of nitrogens with zero attached hydrogens (tertiary/aromatic N) is 1. The zero-order valence-electron chi connectivity index (χ0n) is 18.0. The molecule has 2 aromatic rings. The molecule has 0 spiro atoms. The maximum Gasteiger partial charge on any atom is 0.262 e. The van der Waals surface area contributed by atoms with Gasteiger partial charge in [0.05, 0.1) is 6.21 Å². The molecule has 0 aromatic heterocycles. The Morgan fingerprint density at radius 1 is 1.18 bits per heavy atom. The van der Waals surface area contributed by atoms with Crippen molar-refractivity contribution in [3.05, 3.63) is 52.5 Å². The van der Waals surface area contributed by atoms with E-state index < -0.39 is 23.8 Å². The smallest absolute Gasteiger partial charge is 0.262 e. The first-order chi connectivity index (χ1) is 15.7. The van der Waals surface area contributed by atoms with Crippen molar-refractivity contribution in [1.82, 2.24) is 10.7 Å². The van der Waals surface area contributed by atoms with Crippen LogP contribution in [0, 0.1) is 5.92 Å². The highest BCUT2D eigenvalue weighted by Gasteiger charge is 2.25. The second-order valence-electron chi connectivity index (χ2n) is 7.43. The van der Waals surface area contributed by atoms with Crippen LogP contribution >= 0.6 is 11.6 Å². The molecule has 174 valence electrons. The fourth-order valence-electron chi connectivity index (χ4n) is 2.93. The summed E-state index contributed by atoms with van der Waals surface area (Å²) in [7, 11) is 0. The van der Waals surface area contributed by atoms with Crippen LogP contribution in [0.15, 0.2) is 41.5 Å². The van der Waals surface area contributed by atoms with Crippen molar-refractivity contribution in [2.75, 3.05) is 13.4 Å². The summed E-state index contributed by atoms with van der Waals surface area (Å²) in [4.78, 5) is 36.3. The summed E-state index contributed by atoms with van der Waals surface area (Å²) in [6.45, 7) is 3.36. The largest absolute Gasteiger partial charge is 0.483 e. The molecule has 2 aromatic carbocycles. The number of hydrogen-bond acceptors (Lipinski definition) is 7. The second-order valence-corrected chi connectivity index (χ2v) is 7.87. The van der Waals surface area contributed by atoms with Crippen LogP contribution in [0.5, 0.6) is 17.2 Å². The Bertz CT molecular complexity index is 1090. The average molecular weight is 475 g/mol. The zero-order valence-corrected chi connectivity index (χ0v) is 18.7. The number of hydrazone groups is 1. The average Bonchev–Trinajstić information content (AvgIpc) is 3.24. The fourth-order valence-corrected chi connectivity index (χ4v) is 3.11. The summed E-state index contributed by atoms with van der Waals surface area (Å²) in [5.74, 6) is -0.487. The van der Waals surface area contributed by atoms with Crippen LogP contribution < -0.4 is 30.7 Å². The first-order valence-electron chi connectivity index (χ1n) is 9.98. The number of primary amides is 1. The summed E-state index contributed by atoms with van der Waals surface area (Å²) < 4.78 is 15.8. The standard InChI is InChI=1S/C22H23ClN4O6/c1-12(2)20(26-21(29)13-3-5-17-18(8-13)33-11-32-17)22(30)27-25-9-14-7-15(23)4-6-16(14)31-10-19(24)28/h3-9,12,20H,10-11H2,1-2H3,(H2,24,28)(H,26,29)(H,27,30)/b25-9-. The third kappa shape index (κ3) is 6.36. The fraction of sp³-hybridized carbons (Fsp3) is 0.273. The minimum atomic E-state index is -0.856. The molecule has 3 amide bonds. The highest BCUT2D eigenvalue weighted by Crippen LogP contribution is 2.32. The summed E-state index contributed by atoms with van der Waals surface area (Å²) in [6, 6.07) is 8.60. The van der Waals surface area contributed by atoms with E-state index in [1.165, 1.54) is 6.21 Å². The van der Waals surface area contributed by atoms with Gasteiger partial charge in [-0.1, -0.05) is 25.4 Å². The van der Waals surface area contributed by atoms with Gasteiger partial charge in [-0.05, 0) is 42.3 Å². The third-order valence-electron chi connectivity index (χ3n) is 4.59. The van der Waals surface area contributed by atoms with Crippen LogP contribution in [-0.4, -0.2) is 43.4 Å². The molecular formula is C22H23ClN4O6. The molecule has 10 nitrogen and oxygen atoms in total. The van der Waals surface area contributed by atoms with Gasteiger partial charge >= 0.3 is 0 Å². The molecule has 0 aliphatic carbocycles. The van der Waals surface area contributed by atoms with Crippen molar-refractivity contribution in [2.24, 2.45) is 16.8 Å². The van der Waals surface area contributed by atoms with Gasteiger partial charge < -0.3 is 25.3 Å². The normalized spacial score (nSPS) is 13.1. The van der Waals surface area contributed by atoms with Gasteiger partial charge in [0.2, 0.25) is 6.79 Å². The molecule has 0 bridgehead atoms. The summed E-state index contributed by atoms with van der Waals surface area (Å²) >= 11 is 6.00. The maximum atomic E-state index is 12.7. The van der Waals surface area contributed by atoms with Crippen LogP contribution in [0.4, 0.5) is 0 Å². The van der Waals surface area contributed by atoms with Gasteiger partial charge in [-0.15, -0.1) is 0 Å². The Morgan fingerprint density at radius 3 is 2.67 bits per heavy atom. The Morgan fingerprint density at radius 2 is 1.94 bits per heavy atom. The lowest BCUT2D eigenvalue weighted by molar-refractivity contribution is -0.124. The quantitative estimate of drug-likeness (QED) is 0.374. The van der Waals surface area contributed by atoms with Crippen LogP contribution in [0.25, 0.3) is 0 Å². The molecule has 1 aliphatic rings. The lowest BCUT2D eigenvalue weighted by Crippen LogP contribution is -2.48. The number of ether oxygens (including phenoxy) is 3. The Hall–Kier alpha value is -3.79. The van der Waals surface area contributed by atoms with E-state index in [9.17, 15) is 14.4 Å². The Labute approximate surface area is 195 Å². The van der Waals surface area contributed by atoms with Gasteiger partial charge in [-0.25, -0.2) is 5.43 Å². The van der Waals surface area contributed by atoms with Crippen LogP contribution in [-0.2, 0) is 9.59 Å². The van der Waals surface area contributed by atoms with Gasteiger partial charge in [0, 0.05) is 16.1 Å². The van der Waals surface area contributed by atoms with E-state index in [1.54, 1.807) is 50.2 Å². The van der Waals surface area contributed by atoms with Crippen molar-refractivity contribution in [1.29, 1.82) is 0 Å². The van der Waals surface area contributed by atoms with Crippen LogP contribution in [0.2, 0.25) is 5.02 Å². The number of nitrogens with two attached hydrogens (primary N) is 1. The maximum absolute atomic E-state index is 12.7. The Kier molecular flexibility index (Phi) is 7.73. The first-order valence-corrected chi connectivity index (χ1v) is 10.4. The second kappa shape index (κ2) is 10.7. The van der Waals surface area contributed by atoms with Crippen molar-refractivity contribution in [3.8, 4) is 17.2 Å². The number of carbonyl (C=O) groups excluding carboxylic acids is 3. The number of amides is 3. The molecule has 11 heteroatoms. The number of hydrogen-bond donors (Lipinski definition) is 3. The van der Waals surface area contributed by atoms with Gasteiger partial charge in [0.25, 0.3) is 17.7 Å². The predicted octanol–water partition coefficient (Wildman–Crippen LogP) is 1.84. The summed E-state index contributed by atoms with van der Waals surface area (Å²) in [5.41, 5.74) is 8.26. The zero-order chi connectivity index (χ0) is 24.0. The predicted molar refractivity (Wildman–Crippen MR) is 121 cm³/mol. The van der Waals surface area contributed by atoms with Crippen molar-refractivity contribution in [3.63, 3.8) is 0 Å². The third-order valence-corrected chi connectivity index (χ3v) is 4.83. The number of fused-ring (bicyclic) bond motifs is 1. The molecule has 0 saturated carbocycles. The van der Waals surface area contributed by atoms with Crippen molar-refractivity contribution >= 4 is 35.5 Å². The topological polar surface area (TPSA) is 141 Å². The number of halogens is 1. The molecule has 1 heterocycles. The van der Waals surface area contributed by atoms with E-state index >= 15 is 0 Å². The minimum absolute atomic E-state index is 0.0946. The van der Waals surface area contributed by atoms with Gasteiger partial charge in [-0.2, -0.15) is 5.10 Å². The minimum Gasteiger partial charge on any atom is -0.483 e. The molecule has 0 radical (unpaired) electrons. The molecule has 0 saturated heterocycles. The van der Waals surface area contributed by atoms with E-state index in [1.807, 2.05) is 0 Å². The van der Waals surface area contributed by atoms with E-state index in [-0.39, 0.29) is 19.3 Å². The number of benzene rings is 2. The summed E-state index contributed by atoms with van der Waals surface area (Å²) in [6.07, 6.45) is 1.32. The van der Waals surface area contributed by atoms with Gasteiger partial charge in [-0.3, -0.25) is 14.4 Å². The van der Waals surface area contributed by atoms with E-state index in [4.69, 9.17) is 31.5 Å². The SMILES string of the molecule is CC(C)C(NC(=O)c1ccc2c(c1)OCO2)C(=O)N/N=C\c1cc(Cl)ccc1OCC(N)=O. The molecule has 1 atom stereocenters. The summed E-state index contributed by atoms with van der Waals surface area (Å²) in [5, 5.41) is 7.05. The van der Waals surface area contributed by atoms with Gasteiger partial charge in [0.1, 0.15) is 11.8 Å².